The summed E-state index contributed by atoms with van der Waals surface area (Å²) >= 11 is 1.47. The van der Waals surface area contributed by atoms with Crippen molar-refractivity contribution in [2.75, 3.05) is 5.32 Å². The van der Waals surface area contributed by atoms with Crippen molar-refractivity contribution in [3.63, 3.8) is 0 Å². The summed E-state index contributed by atoms with van der Waals surface area (Å²) in [4.78, 5) is 32.3. The number of fused-ring (bicyclic) bond motifs is 2. The summed E-state index contributed by atoms with van der Waals surface area (Å²) in [7, 11) is 0. The summed E-state index contributed by atoms with van der Waals surface area (Å²) in [5.41, 5.74) is 5.77. The Bertz CT molecular complexity index is 1710. The quantitative estimate of drug-likeness (QED) is 0.347. The number of aromatic nitrogens is 5. The summed E-state index contributed by atoms with van der Waals surface area (Å²) in [5, 5.41) is 4.98. The molecule has 0 spiro atoms. The average molecular weight is 477 g/mol. The standard InChI is InChI=1S/C27H20N6OS/c1-17(32-25-24-26(30-15-29-25)35-16-31-24)22-13-18-7-5-11-21(19-8-6-12-28-14-19)23(18)27(34)33(22)20-9-3-2-4-10-20/h2-17H,1H3,(H,29,30,32). The van der Waals surface area contributed by atoms with Gasteiger partial charge in [-0.05, 0) is 42.1 Å². The van der Waals surface area contributed by atoms with Crippen molar-refractivity contribution in [3.05, 3.63) is 107 Å². The Morgan fingerprint density at radius 1 is 0.971 bits per heavy atom. The molecule has 1 unspecified atom stereocenters. The molecular formula is C27H20N6OS. The highest BCUT2D eigenvalue weighted by Crippen LogP contribution is 2.30. The molecule has 0 aliphatic carbocycles. The van der Waals surface area contributed by atoms with Crippen molar-refractivity contribution in [3.8, 4) is 16.8 Å². The van der Waals surface area contributed by atoms with E-state index in [0.717, 1.165) is 38.2 Å². The van der Waals surface area contributed by atoms with Crippen molar-refractivity contribution in [1.29, 1.82) is 0 Å². The Morgan fingerprint density at radius 3 is 2.69 bits per heavy atom. The van der Waals surface area contributed by atoms with Gasteiger partial charge in [0.1, 0.15) is 16.7 Å². The maximum absolute atomic E-state index is 14.2. The molecule has 6 aromatic rings. The van der Waals surface area contributed by atoms with Crippen molar-refractivity contribution in [1.82, 2.24) is 24.5 Å². The fourth-order valence-electron chi connectivity index (χ4n) is 4.39. The minimum Gasteiger partial charge on any atom is -0.360 e. The van der Waals surface area contributed by atoms with Gasteiger partial charge in [0, 0.05) is 29.3 Å². The van der Waals surface area contributed by atoms with Gasteiger partial charge in [0.15, 0.2) is 5.82 Å². The topological polar surface area (TPSA) is 85.6 Å². The van der Waals surface area contributed by atoms with E-state index < -0.39 is 0 Å². The van der Waals surface area contributed by atoms with Crippen LogP contribution >= 0.6 is 11.3 Å². The average Bonchev–Trinajstić information content (AvgIpc) is 3.39. The highest BCUT2D eigenvalue weighted by atomic mass is 32.1. The van der Waals surface area contributed by atoms with E-state index in [1.165, 1.54) is 17.7 Å². The van der Waals surface area contributed by atoms with Crippen LogP contribution in [-0.4, -0.2) is 24.5 Å². The SMILES string of the molecule is CC(Nc1ncnc2scnc12)c1cc2cccc(-c3cccnc3)c2c(=O)n1-c1ccccc1. The van der Waals surface area contributed by atoms with Gasteiger partial charge in [0.05, 0.1) is 16.9 Å². The van der Waals surface area contributed by atoms with E-state index in [4.69, 9.17) is 0 Å². The number of hydrogen-bond donors (Lipinski definition) is 1. The fraction of sp³-hybridized carbons (Fsp3) is 0.0741. The minimum absolute atomic E-state index is 0.0849. The van der Waals surface area contributed by atoms with Crippen LogP contribution in [0.3, 0.4) is 0 Å². The number of rotatable bonds is 5. The van der Waals surface area contributed by atoms with E-state index in [1.54, 1.807) is 22.5 Å². The first-order chi connectivity index (χ1) is 17.2. The van der Waals surface area contributed by atoms with Crippen LogP contribution in [0.5, 0.6) is 0 Å². The lowest BCUT2D eigenvalue weighted by atomic mass is 9.99. The number of benzene rings is 2. The number of thiazole rings is 1. The van der Waals surface area contributed by atoms with Crippen LogP contribution in [0.2, 0.25) is 0 Å². The number of hydrogen-bond acceptors (Lipinski definition) is 7. The summed E-state index contributed by atoms with van der Waals surface area (Å²) in [5.74, 6) is 0.639. The molecule has 0 bridgehead atoms. The van der Waals surface area contributed by atoms with Gasteiger partial charge in [-0.15, -0.1) is 11.3 Å². The zero-order chi connectivity index (χ0) is 23.8. The van der Waals surface area contributed by atoms with Gasteiger partial charge in [-0.2, -0.15) is 0 Å². The Labute approximate surface area is 204 Å². The molecule has 0 radical (unpaired) electrons. The van der Waals surface area contributed by atoms with Crippen LogP contribution in [0.25, 0.3) is 37.9 Å². The molecule has 35 heavy (non-hydrogen) atoms. The third kappa shape index (κ3) is 3.74. The second-order valence-electron chi connectivity index (χ2n) is 8.15. The molecule has 4 aromatic heterocycles. The lowest BCUT2D eigenvalue weighted by molar-refractivity contribution is 0.774. The molecule has 1 N–H and O–H groups in total. The van der Waals surface area contributed by atoms with Crippen LogP contribution in [0, 0.1) is 0 Å². The van der Waals surface area contributed by atoms with Crippen molar-refractivity contribution in [2.45, 2.75) is 13.0 Å². The van der Waals surface area contributed by atoms with Gasteiger partial charge in [0.2, 0.25) is 0 Å². The molecule has 0 saturated heterocycles. The summed E-state index contributed by atoms with van der Waals surface area (Å²) in [6, 6.07) is 21.3. The van der Waals surface area contributed by atoms with Gasteiger partial charge in [-0.25, -0.2) is 15.0 Å². The molecule has 170 valence electrons. The van der Waals surface area contributed by atoms with Crippen LogP contribution < -0.4 is 10.9 Å². The van der Waals surface area contributed by atoms with Gasteiger partial charge in [-0.3, -0.25) is 14.3 Å². The Hall–Kier alpha value is -4.43. The first kappa shape index (κ1) is 21.1. The lowest BCUT2D eigenvalue weighted by Gasteiger charge is -2.22. The van der Waals surface area contributed by atoms with E-state index >= 15 is 0 Å². The Morgan fingerprint density at radius 2 is 1.86 bits per heavy atom. The van der Waals surface area contributed by atoms with E-state index in [0.29, 0.717) is 11.2 Å². The Kier molecular flexibility index (Phi) is 5.27. The van der Waals surface area contributed by atoms with E-state index in [9.17, 15) is 4.79 Å². The van der Waals surface area contributed by atoms with Crippen LogP contribution in [-0.2, 0) is 0 Å². The molecule has 4 heterocycles. The van der Waals surface area contributed by atoms with E-state index in [2.05, 4.69) is 31.3 Å². The Balaban J connectivity index is 1.58. The third-order valence-corrected chi connectivity index (χ3v) is 6.73. The van der Waals surface area contributed by atoms with Crippen molar-refractivity contribution >= 4 is 38.3 Å². The molecule has 2 aromatic carbocycles. The van der Waals surface area contributed by atoms with Gasteiger partial charge in [0.25, 0.3) is 5.56 Å². The largest absolute Gasteiger partial charge is 0.360 e. The number of para-hydroxylation sites is 1. The van der Waals surface area contributed by atoms with Crippen molar-refractivity contribution < 1.29 is 0 Å². The maximum atomic E-state index is 14.2. The van der Waals surface area contributed by atoms with Crippen LogP contribution in [0.15, 0.2) is 95.8 Å². The minimum atomic E-state index is -0.242. The van der Waals surface area contributed by atoms with Gasteiger partial charge < -0.3 is 5.32 Å². The molecule has 0 aliphatic rings. The molecule has 0 aliphatic heterocycles. The van der Waals surface area contributed by atoms with E-state index in [1.807, 2.05) is 67.6 Å². The highest BCUT2D eigenvalue weighted by molar-refractivity contribution is 7.16. The molecule has 7 nitrogen and oxygen atoms in total. The second-order valence-corrected chi connectivity index (χ2v) is 8.98. The first-order valence-corrected chi connectivity index (χ1v) is 12.0. The van der Waals surface area contributed by atoms with Crippen molar-refractivity contribution in [2.24, 2.45) is 0 Å². The molecular weight excluding hydrogens is 456 g/mol. The zero-order valence-electron chi connectivity index (χ0n) is 18.8. The molecule has 0 amide bonds. The predicted octanol–water partition coefficient (Wildman–Crippen LogP) is 5.63. The van der Waals surface area contributed by atoms with Crippen LogP contribution in [0.4, 0.5) is 5.82 Å². The smallest absolute Gasteiger partial charge is 0.263 e. The van der Waals surface area contributed by atoms with E-state index in [-0.39, 0.29) is 11.6 Å². The van der Waals surface area contributed by atoms with Gasteiger partial charge in [-0.1, -0.05) is 42.5 Å². The highest BCUT2D eigenvalue weighted by Gasteiger charge is 2.20. The zero-order valence-corrected chi connectivity index (χ0v) is 19.6. The predicted molar refractivity (Wildman–Crippen MR) is 140 cm³/mol. The fourth-order valence-corrected chi connectivity index (χ4v) is 5.01. The monoisotopic (exact) mass is 476 g/mol. The number of anilines is 1. The number of nitrogens with one attached hydrogen (secondary N) is 1. The molecule has 1 atom stereocenters. The normalized spacial score (nSPS) is 12.1. The number of nitrogens with zero attached hydrogens (tertiary/aromatic N) is 5. The third-order valence-electron chi connectivity index (χ3n) is 5.99. The molecule has 6 rings (SSSR count). The molecule has 8 heteroatoms. The first-order valence-electron chi connectivity index (χ1n) is 11.2. The second kappa shape index (κ2) is 8.73. The summed E-state index contributed by atoms with van der Waals surface area (Å²) < 4.78 is 1.78. The lowest BCUT2D eigenvalue weighted by Crippen LogP contribution is -2.26. The van der Waals surface area contributed by atoms with Crippen LogP contribution in [0.1, 0.15) is 18.7 Å². The summed E-state index contributed by atoms with van der Waals surface area (Å²) in [6.45, 7) is 2.02. The number of pyridine rings is 2. The molecule has 0 saturated carbocycles. The van der Waals surface area contributed by atoms with Gasteiger partial charge >= 0.3 is 0 Å². The molecule has 0 fully saturated rings. The maximum Gasteiger partial charge on any atom is 0.263 e. The summed E-state index contributed by atoms with van der Waals surface area (Å²) in [6.07, 6.45) is 5.04.